The van der Waals surface area contributed by atoms with Gasteiger partial charge in [0.05, 0.1) is 16.8 Å². The summed E-state index contributed by atoms with van der Waals surface area (Å²) in [7, 11) is 0. The zero-order valence-electron chi connectivity index (χ0n) is 16.8. The monoisotopic (exact) mass is 430 g/mol. The van der Waals surface area contributed by atoms with Crippen LogP contribution in [0.25, 0.3) is 22.2 Å². The normalized spacial score (nSPS) is 12.6. The van der Waals surface area contributed by atoms with Gasteiger partial charge in [-0.05, 0) is 42.8 Å². The molecule has 3 aromatic carbocycles. The van der Waals surface area contributed by atoms with Gasteiger partial charge in [-0.15, -0.1) is 0 Å². The third-order valence-corrected chi connectivity index (χ3v) is 5.50. The zero-order chi connectivity index (χ0) is 21.4. The lowest BCUT2D eigenvalue weighted by Crippen LogP contribution is -2.17. The second-order valence-electron chi connectivity index (χ2n) is 7.30. The van der Waals surface area contributed by atoms with Crippen LogP contribution in [0.15, 0.2) is 66.7 Å². The maximum Gasteiger partial charge on any atom is 0.256 e. The third kappa shape index (κ3) is 3.68. The Morgan fingerprint density at radius 1 is 0.968 bits per heavy atom. The molecular weight excluding hydrogens is 412 g/mol. The molecule has 2 heterocycles. The highest BCUT2D eigenvalue weighted by Crippen LogP contribution is 2.34. The number of benzene rings is 3. The number of carbonyl (C=O) groups is 1. The molecule has 1 amide bonds. The Morgan fingerprint density at radius 3 is 2.55 bits per heavy atom. The van der Waals surface area contributed by atoms with Crippen molar-refractivity contribution < 1.29 is 14.3 Å². The first kappa shape index (κ1) is 19.4. The van der Waals surface area contributed by atoms with Crippen molar-refractivity contribution in [3.63, 3.8) is 0 Å². The summed E-state index contributed by atoms with van der Waals surface area (Å²) in [6.45, 7) is 2.91. The Balaban J connectivity index is 1.61. The maximum absolute atomic E-state index is 13.5. The molecule has 0 fully saturated rings. The number of amides is 1. The summed E-state index contributed by atoms with van der Waals surface area (Å²) >= 11 is 6.25. The van der Waals surface area contributed by atoms with Gasteiger partial charge in [0, 0.05) is 27.7 Å². The van der Waals surface area contributed by atoms with Crippen LogP contribution in [0.2, 0.25) is 5.02 Å². The van der Waals surface area contributed by atoms with Gasteiger partial charge in [-0.2, -0.15) is 0 Å². The smallest absolute Gasteiger partial charge is 0.256 e. The molecule has 1 aliphatic heterocycles. The predicted molar refractivity (Wildman–Crippen MR) is 122 cm³/mol. The van der Waals surface area contributed by atoms with E-state index in [1.165, 1.54) is 0 Å². The number of pyridine rings is 1. The molecule has 1 aliphatic rings. The Bertz CT molecular complexity index is 1310. The number of fused-ring (bicyclic) bond motifs is 2. The molecule has 1 aromatic heterocycles. The fourth-order valence-corrected chi connectivity index (χ4v) is 3.99. The van der Waals surface area contributed by atoms with Crippen molar-refractivity contribution in [2.45, 2.75) is 6.92 Å². The van der Waals surface area contributed by atoms with Gasteiger partial charge < -0.3 is 14.8 Å². The van der Waals surface area contributed by atoms with E-state index in [-0.39, 0.29) is 5.91 Å². The number of hydrogen-bond donors (Lipinski definition) is 1. The van der Waals surface area contributed by atoms with Gasteiger partial charge in [0.25, 0.3) is 5.91 Å². The number of anilines is 1. The van der Waals surface area contributed by atoms with Crippen LogP contribution >= 0.6 is 11.6 Å². The molecule has 154 valence electrons. The van der Waals surface area contributed by atoms with Crippen LogP contribution in [0, 0.1) is 6.92 Å². The van der Waals surface area contributed by atoms with E-state index in [0.717, 1.165) is 16.8 Å². The summed E-state index contributed by atoms with van der Waals surface area (Å²) in [5.41, 5.74) is 4.38. The first-order valence-electron chi connectivity index (χ1n) is 9.96. The van der Waals surface area contributed by atoms with Gasteiger partial charge in [-0.25, -0.2) is 4.98 Å². The van der Waals surface area contributed by atoms with Crippen molar-refractivity contribution in [2.24, 2.45) is 0 Å². The summed E-state index contributed by atoms with van der Waals surface area (Å²) < 4.78 is 11.2. The van der Waals surface area contributed by atoms with Gasteiger partial charge >= 0.3 is 0 Å². The van der Waals surface area contributed by atoms with Crippen molar-refractivity contribution in [1.82, 2.24) is 4.98 Å². The number of aromatic nitrogens is 1. The second-order valence-corrected chi connectivity index (χ2v) is 7.74. The first-order valence-corrected chi connectivity index (χ1v) is 10.3. The molecule has 5 nitrogen and oxygen atoms in total. The van der Waals surface area contributed by atoms with E-state index in [1.807, 2.05) is 43.3 Å². The van der Waals surface area contributed by atoms with Crippen molar-refractivity contribution in [3.05, 3.63) is 82.9 Å². The molecule has 0 saturated carbocycles. The number of nitrogens with one attached hydrogen (secondary N) is 1. The molecule has 0 unspecified atom stereocenters. The number of carbonyl (C=O) groups excluding carboxylic acids is 1. The molecule has 0 atom stereocenters. The van der Waals surface area contributed by atoms with Crippen molar-refractivity contribution >= 4 is 34.1 Å². The number of nitrogens with zero attached hydrogens (tertiary/aromatic N) is 1. The van der Waals surface area contributed by atoms with E-state index in [4.69, 9.17) is 26.1 Å². The van der Waals surface area contributed by atoms with Gasteiger partial charge in [0.15, 0.2) is 11.5 Å². The van der Waals surface area contributed by atoms with Crippen molar-refractivity contribution in [2.75, 3.05) is 18.5 Å². The average Bonchev–Trinajstić information content (AvgIpc) is 2.79. The molecule has 0 spiro atoms. The van der Waals surface area contributed by atoms with Crippen molar-refractivity contribution in [3.8, 4) is 22.8 Å². The molecule has 5 rings (SSSR count). The number of ether oxygens (including phenoxy) is 2. The summed E-state index contributed by atoms with van der Waals surface area (Å²) in [5, 5.41) is 4.25. The van der Waals surface area contributed by atoms with E-state index in [9.17, 15) is 4.79 Å². The van der Waals surface area contributed by atoms with E-state index >= 15 is 0 Å². The highest BCUT2D eigenvalue weighted by molar-refractivity contribution is 6.31. The average molecular weight is 431 g/mol. The number of hydrogen-bond acceptors (Lipinski definition) is 4. The molecule has 0 saturated heterocycles. The highest BCUT2D eigenvalue weighted by Gasteiger charge is 2.20. The highest BCUT2D eigenvalue weighted by atomic mass is 35.5. The Morgan fingerprint density at radius 2 is 1.74 bits per heavy atom. The lowest BCUT2D eigenvalue weighted by atomic mass is 9.97. The fraction of sp³-hybridized carbons (Fsp3) is 0.120. The largest absolute Gasteiger partial charge is 0.486 e. The topological polar surface area (TPSA) is 60.5 Å². The Labute approximate surface area is 184 Å². The lowest BCUT2D eigenvalue weighted by Gasteiger charge is -2.19. The first-order chi connectivity index (χ1) is 15.1. The molecule has 0 aliphatic carbocycles. The quantitative estimate of drug-likeness (QED) is 0.440. The van der Waals surface area contributed by atoms with Crippen molar-refractivity contribution in [1.29, 1.82) is 0 Å². The molecule has 31 heavy (non-hydrogen) atoms. The SMILES string of the molecule is Cc1c(-c2ccccc2)nc2ccc(Cl)cc2c1C(=O)Nc1ccc2c(c1)OCCO2. The molecule has 1 N–H and O–H groups in total. The summed E-state index contributed by atoms with van der Waals surface area (Å²) in [6, 6.07) is 20.6. The minimum absolute atomic E-state index is 0.235. The van der Waals surface area contributed by atoms with Gasteiger partial charge in [0.2, 0.25) is 0 Å². The molecule has 6 heteroatoms. The Kier molecular flexibility index (Phi) is 4.96. The molecule has 0 bridgehead atoms. The maximum atomic E-state index is 13.5. The molecule has 0 radical (unpaired) electrons. The van der Waals surface area contributed by atoms with E-state index in [1.54, 1.807) is 30.3 Å². The number of rotatable bonds is 3. The standard InChI is InChI=1S/C25H19ClN2O3/c1-15-23(25(29)27-18-8-10-21-22(14-18)31-12-11-30-21)19-13-17(26)7-9-20(19)28-24(15)16-5-3-2-4-6-16/h2-10,13-14H,11-12H2,1H3,(H,27,29). The summed E-state index contributed by atoms with van der Waals surface area (Å²) in [5.74, 6) is 1.06. The van der Waals surface area contributed by atoms with Gasteiger partial charge in [-0.1, -0.05) is 41.9 Å². The minimum Gasteiger partial charge on any atom is -0.486 e. The van der Waals surface area contributed by atoms with Crippen LogP contribution in [-0.4, -0.2) is 24.1 Å². The third-order valence-electron chi connectivity index (χ3n) is 5.26. The molecular formula is C25H19ClN2O3. The summed E-state index contributed by atoms with van der Waals surface area (Å²) in [6.07, 6.45) is 0. The van der Waals surface area contributed by atoms with Crippen LogP contribution in [-0.2, 0) is 0 Å². The Hall–Kier alpha value is -3.57. The predicted octanol–water partition coefficient (Wildman–Crippen LogP) is 5.89. The van der Waals surface area contributed by atoms with Gasteiger partial charge in [-0.3, -0.25) is 4.79 Å². The van der Waals surface area contributed by atoms with Crippen LogP contribution in [0.3, 0.4) is 0 Å². The van der Waals surface area contributed by atoms with Gasteiger partial charge in [0.1, 0.15) is 13.2 Å². The number of halogens is 1. The fourth-order valence-electron chi connectivity index (χ4n) is 3.82. The van der Waals surface area contributed by atoms with E-state index in [2.05, 4.69) is 5.32 Å². The lowest BCUT2D eigenvalue weighted by molar-refractivity contribution is 0.102. The zero-order valence-corrected chi connectivity index (χ0v) is 17.6. The van der Waals surface area contributed by atoms with Crippen LogP contribution < -0.4 is 14.8 Å². The van der Waals surface area contributed by atoms with E-state index in [0.29, 0.717) is 51.9 Å². The summed E-state index contributed by atoms with van der Waals surface area (Å²) in [4.78, 5) is 18.3. The van der Waals surface area contributed by atoms with Crippen LogP contribution in [0.5, 0.6) is 11.5 Å². The van der Waals surface area contributed by atoms with Crippen LogP contribution in [0.4, 0.5) is 5.69 Å². The molecule has 4 aromatic rings. The van der Waals surface area contributed by atoms with E-state index < -0.39 is 0 Å². The minimum atomic E-state index is -0.235. The van der Waals surface area contributed by atoms with Crippen LogP contribution in [0.1, 0.15) is 15.9 Å². The second kappa shape index (κ2) is 7.93.